The summed E-state index contributed by atoms with van der Waals surface area (Å²) in [7, 11) is 0. The average molecular weight is 230 g/mol. The van der Waals surface area contributed by atoms with E-state index in [2.05, 4.69) is 16.2 Å². The van der Waals surface area contributed by atoms with Crippen LogP contribution in [-0.4, -0.2) is 10.9 Å². The molecule has 0 saturated carbocycles. The number of rotatable bonds is 1. The monoisotopic (exact) mass is 230 g/mol. The highest BCUT2D eigenvalue weighted by Crippen LogP contribution is 1.91. The quantitative estimate of drug-likeness (QED) is 0.573. The second-order valence-electron chi connectivity index (χ2n) is 3.83. The fourth-order valence-electron chi connectivity index (χ4n) is 1.93. The van der Waals surface area contributed by atoms with E-state index in [1.54, 1.807) is 10.6 Å². The van der Waals surface area contributed by atoms with Gasteiger partial charge in [0.1, 0.15) is 5.49 Å². The lowest BCUT2D eigenvalue weighted by molar-refractivity contribution is 0.572. The van der Waals surface area contributed by atoms with Crippen molar-refractivity contribution in [2.45, 2.75) is 26.7 Å². The molecule has 0 fully saturated rings. The summed E-state index contributed by atoms with van der Waals surface area (Å²) in [4.78, 5) is 16.2. The summed E-state index contributed by atoms with van der Waals surface area (Å²) in [5.41, 5.74) is 7.35. The summed E-state index contributed by atoms with van der Waals surface area (Å²) in [6, 6.07) is 1.68. The van der Waals surface area contributed by atoms with Crippen molar-refractivity contribution in [3.05, 3.63) is 32.7 Å². The van der Waals surface area contributed by atoms with Gasteiger partial charge >= 0.3 is 0 Å². The first-order chi connectivity index (χ1) is 8.08. The second kappa shape index (κ2) is 4.07. The number of hydrogen-bond donors (Lipinski definition) is 2. The molecule has 0 aliphatic carbocycles. The van der Waals surface area contributed by atoms with E-state index < -0.39 is 6.29 Å². The van der Waals surface area contributed by atoms with E-state index in [1.165, 1.54) is 0 Å². The van der Waals surface area contributed by atoms with Gasteiger partial charge in [-0.1, -0.05) is 5.92 Å². The standard InChI is InChI=1S/C12H14N4O/c1-4-8-6-9-7(3)14-12(13)15-10(9)16(5-2)11(8)17/h1,6,12,14H,5,13H2,2-3H3. The van der Waals surface area contributed by atoms with Gasteiger partial charge in [-0.15, -0.1) is 6.42 Å². The smallest absolute Gasteiger partial charge is 0.267 e. The van der Waals surface area contributed by atoms with Gasteiger partial charge in [0.15, 0.2) is 6.29 Å². The van der Waals surface area contributed by atoms with Crippen LogP contribution in [-0.2, 0) is 6.54 Å². The van der Waals surface area contributed by atoms with Crippen molar-refractivity contribution >= 4 is 5.70 Å². The molecule has 1 aliphatic rings. The Kier molecular flexibility index (Phi) is 2.74. The molecule has 0 bridgehead atoms. The van der Waals surface area contributed by atoms with Crippen LogP contribution in [0.2, 0.25) is 0 Å². The van der Waals surface area contributed by atoms with E-state index in [0.29, 0.717) is 17.6 Å². The largest absolute Gasteiger partial charge is 0.355 e. The third-order valence-electron chi connectivity index (χ3n) is 2.76. The van der Waals surface area contributed by atoms with Crippen LogP contribution in [0.3, 0.4) is 0 Å². The minimum atomic E-state index is -0.517. The molecule has 2 rings (SSSR count). The van der Waals surface area contributed by atoms with Crippen molar-refractivity contribution in [3.63, 3.8) is 0 Å². The highest BCUT2D eigenvalue weighted by atomic mass is 16.1. The number of fused-ring (bicyclic) bond motifs is 1. The van der Waals surface area contributed by atoms with Crippen LogP contribution in [0.5, 0.6) is 0 Å². The summed E-state index contributed by atoms with van der Waals surface area (Å²) in [5.74, 6) is 2.40. The number of nitrogens with one attached hydrogen (secondary N) is 1. The third-order valence-corrected chi connectivity index (χ3v) is 2.76. The zero-order valence-electron chi connectivity index (χ0n) is 9.82. The van der Waals surface area contributed by atoms with Crippen molar-refractivity contribution in [1.29, 1.82) is 0 Å². The van der Waals surface area contributed by atoms with E-state index in [9.17, 15) is 4.79 Å². The van der Waals surface area contributed by atoms with Crippen LogP contribution in [0.4, 0.5) is 0 Å². The fourth-order valence-corrected chi connectivity index (χ4v) is 1.93. The van der Waals surface area contributed by atoms with Crippen LogP contribution >= 0.6 is 0 Å². The van der Waals surface area contributed by atoms with Gasteiger partial charge in [-0.2, -0.15) is 0 Å². The SMILES string of the molecule is C#Cc1cc2c(n(CC)c1=O)=NC(N)NC=2C. The first kappa shape index (κ1) is 11.4. The number of nitrogens with two attached hydrogens (primary N) is 1. The number of hydrogen-bond acceptors (Lipinski definition) is 4. The molecule has 17 heavy (non-hydrogen) atoms. The predicted octanol–water partition coefficient (Wildman–Crippen LogP) is -1.56. The molecule has 0 spiro atoms. The first-order valence-corrected chi connectivity index (χ1v) is 5.39. The Bertz CT molecular complexity index is 678. The maximum Gasteiger partial charge on any atom is 0.267 e. The molecule has 0 saturated heterocycles. The first-order valence-electron chi connectivity index (χ1n) is 5.39. The zero-order valence-corrected chi connectivity index (χ0v) is 9.82. The van der Waals surface area contributed by atoms with Gasteiger partial charge in [0, 0.05) is 17.5 Å². The summed E-state index contributed by atoms with van der Waals surface area (Å²) >= 11 is 0. The van der Waals surface area contributed by atoms with E-state index in [0.717, 1.165) is 10.9 Å². The van der Waals surface area contributed by atoms with Crippen LogP contribution in [0.1, 0.15) is 19.4 Å². The van der Waals surface area contributed by atoms with Crippen molar-refractivity contribution < 1.29 is 0 Å². The normalized spacial score (nSPS) is 17.8. The summed E-state index contributed by atoms with van der Waals surface area (Å²) in [5, 5.41) is 3.84. The van der Waals surface area contributed by atoms with Gasteiger partial charge in [-0.05, 0) is 19.9 Å². The average Bonchev–Trinajstić information content (AvgIpc) is 2.28. The summed E-state index contributed by atoms with van der Waals surface area (Å²) in [6.45, 7) is 4.28. The minimum Gasteiger partial charge on any atom is -0.355 e. The van der Waals surface area contributed by atoms with Crippen LogP contribution in [0.15, 0.2) is 15.9 Å². The second-order valence-corrected chi connectivity index (χ2v) is 3.83. The summed E-state index contributed by atoms with van der Waals surface area (Å²) in [6.07, 6.45) is 4.81. The van der Waals surface area contributed by atoms with Gasteiger partial charge in [0.05, 0.1) is 5.56 Å². The third kappa shape index (κ3) is 1.73. The topological polar surface area (TPSA) is 72.4 Å². The maximum absolute atomic E-state index is 12.0. The molecule has 3 N–H and O–H groups in total. The van der Waals surface area contributed by atoms with Gasteiger partial charge in [-0.3, -0.25) is 15.1 Å². The highest BCUT2D eigenvalue weighted by molar-refractivity contribution is 5.43. The Labute approximate surface area is 98.7 Å². The molecule has 0 aromatic carbocycles. The molecule has 0 radical (unpaired) electrons. The van der Waals surface area contributed by atoms with Crippen LogP contribution in [0, 0.1) is 12.3 Å². The molecule has 1 unspecified atom stereocenters. The molecule has 1 aromatic rings. The molecule has 1 aromatic heterocycles. The zero-order chi connectivity index (χ0) is 12.6. The van der Waals surface area contributed by atoms with Crippen LogP contribution < -0.4 is 27.3 Å². The van der Waals surface area contributed by atoms with Crippen LogP contribution in [0.25, 0.3) is 5.70 Å². The van der Waals surface area contributed by atoms with E-state index in [-0.39, 0.29) is 5.56 Å². The van der Waals surface area contributed by atoms with E-state index in [1.807, 2.05) is 13.8 Å². The molecule has 0 amide bonds. The fraction of sp³-hybridized carbons (Fsp3) is 0.333. The molecule has 5 nitrogen and oxygen atoms in total. The van der Waals surface area contributed by atoms with Crippen molar-refractivity contribution in [2.75, 3.05) is 0 Å². The minimum absolute atomic E-state index is 0.195. The molecule has 88 valence electrons. The predicted molar refractivity (Wildman–Crippen MR) is 65.3 cm³/mol. The molecule has 1 aliphatic heterocycles. The highest BCUT2D eigenvalue weighted by Gasteiger charge is 2.12. The van der Waals surface area contributed by atoms with Gasteiger partial charge in [0.2, 0.25) is 0 Å². The van der Waals surface area contributed by atoms with E-state index in [4.69, 9.17) is 12.2 Å². The maximum atomic E-state index is 12.0. The Morgan fingerprint density at radius 3 is 3.00 bits per heavy atom. The summed E-state index contributed by atoms with van der Waals surface area (Å²) < 4.78 is 1.55. The molecular weight excluding hydrogens is 216 g/mol. The van der Waals surface area contributed by atoms with Crippen molar-refractivity contribution in [2.24, 2.45) is 10.7 Å². The Morgan fingerprint density at radius 2 is 2.41 bits per heavy atom. The number of aromatic nitrogens is 1. The Balaban J connectivity index is 3.02. The Morgan fingerprint density at radius 1 is 1.71 bits per heavy atom. The lowest BCUT2D eigenvalue weighted by atomic mass is 10.2. The molecule has 1 atom stereocenters. The van der Waals surface area contributed by atoms with Crippen molar-refractivity contribution in [3.8, 4) is 12.3 Å². The molecule has 2 heterocycles. The lowest BCUT2D eigenvalue weighted by Crippen LogP contribution is -2.53. The number of nitrogens with zero attached hydrogens (tertiary/aromatic N) is 2. The van der Waals surface area contributed by atoms with Gasteiger partial charge in [0.25, 0.3) is 5.56 Å². The molecular formula is C12H14N4O. The van der Waals surface area contributed by atoms with Gasteiger partial charge in [-0.25, -0.2) is 4.99 Å². The number of terminal acetylenes is 1. The lowest BCUT2D eigenvalue weighted by Gasteiger charge is -2.18. The van der Waals surface area contributed by atoms with Gasteiger partial charge < -0.3 is 5.32 Å². The van der Waals surface area contributed by atoms with E-state index >= 15 is 0 Å². The number of pyridine rings is 1. The Hall–Kier alpha value is -2.06. The van der Waals surface area contributed by atoms with Crippen molar-refractivity contribution in [1.82, 2.24) is 9.88 Å². The molecule has 5 heteroatoms.